The van der Waals surface area contributed by atoms with Gasteiger partial charge in [-0.1, -0.05) is 13.8 Å². The van der Waals surface area contributed by atoms with E-state index in [-0.39, 0.29) is 61.2 Å². The molecule has 0 spiro atoms. The van der Waals surface area contributed by atoms with E-state index in [1.165, 1.54) is 45.6 Å². The van der Waals surface area contributed by atoms with Crippen molar-refractivity contribution in [1.82, 2.24) is 14.5 Å². The van der Waals surface area contributed by atoms with Crippen LogP contribution in [-0.2, 0) is 65.0 Å². The number of carbonyl (C=O) groups is 4. The van der Waals surface area contributed by atoms with E-state index >= 15 is 0 Å². The van der Waals surface area contributed by atoms with Crippen LogP contribution in [0.3, 0.4) is 0 Å². The molecule has 6 heterocycles. The fraction of sp³-hybridized carbons (Fsp3) is 0.357. The van der Waals surface area contributed by atoms with Crippen LogP contribution in [0.4, 0.5) is 0 Å². The first-order valence-corrected chi connectivity index (χ1v) is 24.5. The quantitative estimate of drug-likeness (QED) is 0.0893. The van der Waals surface area contributed by atoms with Crippen LogP contribution < -0.4 is 34.0 Å². The Kier molecular flexibility index (Phi) is 12.3. The molecule has 5 atom stereocenters. The van der Waals surface area contributed by atoms with Crippen LogP contribution in [0.2, 0.25) is 0 Å². The van der Waals surface area contributed by atoms with Crippen LogP contribution in [0, 0.1) is 11.8 Å². The summed E-state index contributed by atoms with van der Waals surface area (Å²) in [7, 11) is 8.35. The molecule has 2 unspecified atom stereocenters. The molecule has 4 aromatic carbocycles. The maximum Gasteiger partial charge on any atom is 0.355 e. The van der Waals surface area contributed by atoms with Crippen molar-refractivity contribution in [2.45, 2.75) is 64.0 Å². The highest BCUT2D eigenvalue weighted by Gasteiger charge is 2.55. The van der Waals surface area contributed by atoms with Crippen LogP contribution in [0.25, 0.3) is 22.3 Å². The van der Waals surface area contributed by atoms with Gasteiger partial charge in [0.15, 0.2) is 29.6 Å². The van der Waals surface area contributed by atoms with Gasteiger partial charge in [-0.3, -0.25) is 9.59 Å². The summed E-state index contributed by atoms with van der Waals surface area (Å²) in [6.45, 7) is 3.38. The molecule has 19 heteroatoms. The van der Waals surface area contributed by atoms with Crippen LogP contribution in [0.1, 0.15) is 87.2 Å². The number of phenolic OH excluding ortho intramolecular Hbond substituents is 1. The van der Waals surface area contributed by atoms with Crippen LogP contribution in [0.5, 0.6) is 40.2 Å². The van der Waals surface area contributed by atoms with E-state index < -0.39 is 65.5 Å². The van der Waals surface area contributed by atoms with Gasteiger partial charge in [-0.25, -0.2) is 19.4 Å². The lowest BCUT2D eigenvalue weighted by molar-refractivity contribution is -0.190. The van der Waals surface area contributed by atoms with E-state index in [2.05, 4.69) is 0 Å². The minimum absolute atomic E-state index is 0.0142. The molecule has 2 aromatic heterocycles. The van der Waals surface area contributed by atoms with Crippen molar-refractivity contribution in [3.05, 3.63) is 127 Å². The number of aromatic hydroxyl groups is 1. The molecule has 0 radical (unpaired) electrons. The van der Waals surface area contributed by atoms with Gasteiger partial charge in [0.2, 0.25) is 18.1 Å². The van der Waals surface area contributed by atoms with Crippen molar-refractivity contribution in [3.63, 3.8) is 0 Å². The molecule has 75 heavy (non-hydrogen) atoms. The van der Waals surface area contributed by atoms with Crippen LogP contribution in [-0.4, -0.2) is 98.9 Å². The van der Waals surface area contributed by atoms with E-state index in [0.717, 1.165) is 22.1 Å². The molecule has 1 aliphatic carbocycles. The van der Waals surface area contributed by atoms with Crippen molar-refractivity contribution in [3.8, 4) is 51.6 Å². The number of aryl methyl sites for hydroxylation is 1. The molecule has 0 bridgehead atoms. The molecule has 6 aromatic rings. The Morgan fingerprint density at radius 2 is 1.57 bits per heavy atom. The predicted molar refractivity (Wildman–Crippen MR) is 265 cm³/mol. The number of hydrogen-bond acceptors (Lipinski definition) is 18. The maximum absolute atomic E-state index is 14.4. The van der Waals surface area contributed by atoms with E-state index in [0.29, 0.717) is 75.3 Å². The molecule has 1 fully saturated rings. The third kappa shape index (κ3) is 7.89. The van der Waals surface area contributed by atoms with Crippen molar-refractivity contribution >= 4 is 34.8 Å². The number of phenols is 1. The predicted octanol–water partition coefficient (Wildman–Crippen LogP) is 6.63. The number of rotatable bonds is 14. The molecule has 11 rings (SSSR count). The Bertz CT molecular complexity index is 3420. The van der Waals surface area contributed by atoms with Gasteiger partial charge >= 0.3 is 23.9 Å². The topological polar surface area (TPSA) is 219 Å². The second-order valence-electron chi connectivity index (χ2n) is 19.2. The van der Waals surface area contributed by atoms with Gasteiger partial charge in [-0.15, -0.1) is 0 Å². The van der Waals surface area contributed by atoms with E-state index in [9.17, 15) is 29.1 Å². The third-order valence-corrected chi connectivity index (χ3v) is 15.0. The zero-order valence-corrected chi connectivity index (χ0v) is 42.2. The summed E-state index contributed by atoms with van der Waals surface area (Å²) in [6, 6.07) is 18.1. The summed E-state index contributed by atoms with van der Waals surface area (Å²) in [5.74, 6) is -2.46. The minimum atomic E-state index is -1.98. The largest absolute Gasteiger partial charge is 0.508 e. The smallest absolute Gasteiger partial charge is 0.355 e. The van der Waals surface area contributed by atoms with Gasteiger partial charge in [-0.2, -0.15) is 0 Å². The number of methoxy groups -OCH3 is 3. The first-order chi connectivity index (χ1) is 36.2. The lowest BCUT2D eigenvalue weighted by Crippen LogP contribution is -2.48. The Balaban J connectivity index is 0.832. The highest BCUT2D eigenvalue weighted by molar-refractivity contribution is 5.93. The Hall–Kier alpha value is -8.32. The molecule has 4 aliphatic heterocycles. The second-order valence-corrected chi connectivity index (χ2v) is 19.2. The average molecular weight is 1020 g/mol. The Morgan fingerprint density at radius 3 is 2.24 bits per heavy atom. The monoisotopic (exact) mass is 1020 g/mol. The first-order valence-electron chi connectivity index (χ1n) is 24.5. The minimum Gasteiger partial charge on any atom is -0.508 e. The molecular formula is C56H53N3O16. The summed E-state index contributed by atoms with van der Waals surface area (Å²) >= 11 is 0. The number of fused-ring (bicyclic) bond motifs is 8. The zero-order chi connectivity index (χ0) is 52.6. The highest BCUT2D eigenvalue weighted by Crippen LogP contribution is 2.57. The third-order valence-electron chi connectivity index (χ3n) is 15.0. The molecular weight excluding hydrogens is 971 g/mol. The molecule has 19 nitrogen and oxygen atoms in total. The number of benzene rings is 4. The molecule has 0 saturated carbocycles. The number of nitrogens with zero attached hydrogens (tertiary/aromatic N) is 3. The number of aromatic nitrogens is 2. The van der Waals surface area contributed by atoms with Gasteiger partial charge in [0.25, 0.3) is 5.56 Å². The summed E-state index contributed by atoms with van der Waals surface area (Å²) in [5, 5.41) is 11.8. The number of cyclic esters (lactones) is 2. The van der Waals surface area contributed by atoms with Crippen LogP contribution in [0.15, 0.2) is 71.5 Å². The summed E-state index contributed by atoms with van der Waals surface area (Å²) in [4.78, 5) is 76.7. The van der Waals surface area contributed by atoms with E-state index in [1.54, 1.807) is 54.0 Å². The van der Waals surface area contributed by atoms with Crippen molar-refractivity contribution in [1.29, 1.82) is 0 Å². The standard InChI is InChI=1S/C56H53N3O16/c1-8-30-33-22-59-39(49(33)57-38-14-15-40(60)34(47(30)38)21-58(3)4)20-37-35(52(59)62)23-71-55(65)56(37,9-2)75-45(61)25-69-29-12-10-27(11-13-29)53(63)74-50-32-19-42-41(72-26-73-42)18-31(32)46(48-36(50)24-70-54(48)64)28-16-43(66-5)51(68-7)44(17-28)67-6/h10-20,36,46,48,50,60H,8-9,21-26H2,1-7H3/t36-,46+,48-,50?,56?/m0/s1. The lowest BCUT2D eigenvalue weighted by Gasteiger charge is -2.38. The second kappa shape index (κ2) is 18.9. The van der Waals surface area contributed by atoms with Gasteiger partial charge in [-0.05, 0) is 110 Å². The number of esters is 4. The van der Waals surface area contributed by atoms with E-state index in [4.69, 9.17) is 52.4 Å². The first kappa shape index (κ1) is 48.9. The fourth-order valence-electron chi connectivity index (χ4n) is 11.5. The molecule has 388 valence electrons. The van der Waals surface area contributed by atoms with E-state index in [1.807, 2.05) is 25.9 Å². The number of hydrogen-bond donors (Lipinski definition) is 1. The fourth-order valence-corrected chi connectivity index (χ4v) is 11.5. The van der Waals surface area contributed by atoms with Gasteiger partial charge in [0.1, 0.15) is 24.2 Å². The maximum atomic E-state index is 14.4. The van der Waals surface area contributed by atoms with Gasteiger partial charge < -0.3 is 61.9 Å². The molecule has 1 saturated heterocycles. The molecule has 5 aliphatic rings. The van der Waals surface area contributed by atoms with Gasteiger partial charge in [0.05, 0.1) is 68.4 Å². The highest BCUT2D eigenvalue weighted by atomic mass is 16.7. The van der Waals surface area contributed by atoms with Crippen molar-refractivity contribution in [2.75, 3.05) is 55.4 Å². The average Bonchev–Trinajstić information content (AvgIpc) is 4.15. The number of pyridine rings is 2. The number of carbonyl (C=O) groups excluding carboxylic acids is 4. The number of ether oxygens (including phenoxy) is 10. The Morgan fingerprint density at radius 1 is 0.853 bits per heavy atom. The molecule has 0 amide bonds. The van der Waals surface area contributed by atoms with Crippen molar-refractivity contribution < 1.29 is 71.7 Å². The Labute approximate surface area is 429 Å². The lowest BCUT2D eigenvalue weighted by atomic mass is 9.66. The summed E-state index contributed by atoms with van der Waals surface area (Å²) < 4.78 is 59.4. The summed E-state index contributed by atoms with van der Waals surface area (Å²) in [5.41, 5.74) is 4.30. The normalized spacial score (nSPS) is 20.5. The molecule has 1 N–H and O–H groups in total. The summed E-state index contributed by atoms with van der Waals surface area (Å²) in [6.07, 6.45) is -0.403. The SMILES string of the molecule is CCc1c2c(nc3ccc(O)c(CN(C)C)c13)-c1cc3c(c(=O)n1C2)COC(=O)C3(CC)OC(=O)COc1ccc(C(=O)OC2c3cc4c(cc3[C@@H](c3cc(OC)c(OC)c(OC)c3)[C@H]3C(=O)OC[C@H]23)OCO4)cc1. The van der Waals surface area contributed by atoms with Gasteiger partial charge in [0, 0.05) is 46.0 Å². The van der Waals surface area contributed by atoms with Crippen molar-refractivity contribution in [2.24, 2.45) is 11.8 Å². The van der Waals surface area contributed by atoms with Crippen LogP contribution >= 0.6 is 0 Å². The zero-order valence-electron chi connectivity index (χ0n) is 42.2.